The third kappa shape index (κ3) is 7.55. The minimum absolute atomic E-state index is 0.0549. The van der Waals surface area contributed by atoms with Crippen LogP contribution in [0.3, 0.4) is 0 Å². The summed E-state index contributed by atoms with van der Waals surface area (Å²) in [5.41, 5.74) is 2.29. The number of hydrogen-bond acceptors (Lipinski definition) is 6. The summed E-state index contributed by atoms with van der Waals surface area (Å²) in [5, 5.41) is 17.6. The molecule has 0 saturated heterocycles. The van der Waals surface area contributed by atoms with Gasteiger partial charge in [0.05, 0.1) is 12.0 Å². The van der Waals surface area contributed by atoms with Crippen LogP contribution in [0.15, 0.2) is 36.4 Å². The molecule has 0 radical (unpaired) electrons. The van der Waals surface area contributed by atoms with E-state index in [4.69, 9.17) is 9.84 Å². The molecule has 1 fully saturated rings. The summed E-state index contributed by atoms with van der Waals surface area (Å²) in [7, 11) is 0. The molecule has 0 bridgehead atoms. The molecule has 2 aliphatic rings. The number of amides is 2. The van der Waals surface area contributed by atoms with Gasteiger partial charge < -0.3 is 30.5 Å². The van der Waals surface area contributed by atoms with Gasteiger partial charge in [-0.2, -0.15) is 0 Å². The number of ether oxygens (including phenoxy) is 2. The summed E-state index contributed by atoms with van der Waals surface area (Å²) >= 11 is 0. The van der Waals surface area contributed by atoms with E-state index >= 15 is 0 Å². The second kappa shape index (κ2) is 11.8. The Hall–Kier alpha value is -3.96. The fourth-order valence-electron chi connectivity index (χ4n) is 4.86. The van der Waals surface area contributed by atoms with Crippen molar-refractivity contribution in [2.75, 3.05) is 18.4 Å². The maximum atomic E-state index is 12.6. The lowest BCUT2D eigenvalue weighted by Crippen LogP contribution is -2.42. The average molecular weight is 550 g/mol. The van der Waals surface area contributed by atoms with Gasteiger partial charge in [0.2, 0.25) is 5.91 Å². The molecule has 1 atom stereocenters. The van der Waals surface area contributed by atoms with Gasteiger partial charge in [0.15, 0.2) is 0 Å². The van der Waals surface area contributed by atoms with Crippen LogP contribution in [0.25, 0.3) is 0 Å². The molecule has 210 valence electrons. The summed E-state index contributed by atoms with van der Waals surface area (Å²) < 4.78 is 47.2. The normalized spacial score (nSPS) is 20.4. The monoisotopic (exact) mass is 549 g/mol. The minimum Gasteiger partial charge on any atom is -0.490 e. The Morgan fingerprint density at radius 2 is 1.69 bits per heavy atom. The van der Waals surface area contributed by atoms with Crippen LogP contribution in [-0.2, 0) is 16.0 Å². The van der Waals surface area contributed by atoms with E-state index < -0.39 is 18.4 Å². The molecule has 4 N–H and O–H groups in total. The smallest absolute Gasteiger partial charge is 0.490 e. The van der Waals surface area contributed by atoms with E-state index in [0.717, 1.165) is 5.56 Å². The molecule has 2 aromatic carbocycles. The van der Waals surface area contributed by atoms with Crippen molar-refractivity contribution in [3.05, 3.63) is 53.1 Å². The van der Waals surface area contributed by atoms with Gasteiger partial charge in [-0.05, 0) is 80.1 Å². The summed E-state index contributed by atoms with van der Waals surface area (Å²) in [4.78, 5) is 36.2. The highest BCUT2D eigenvalue weighted by molar-refractivity contribution is 5.95. The first-order valence-electron chi connectivity index (χ1n) is 12.7. The number of carboxylic acid groups (broad SMARTS) is 1. The molecule has 1 unspecified atom stereocenters. The molecule has 1 saturated carbocycles. The van der Waals surface area contributed by atoms with E-state index in [0.29, 0.717) is 48.2 Å². The van der Waals surface area contributed by atoms with Crippen LogP contribution in [0.5, 0.6) is 11.5 Å². The zero-order chi connectivity index (χ0) is 28.2. The van der Waals surface area contributed by atoms with E-state index in [2.05, 4.69) is 20.7 Å². The number of aliphatic carboxylic acids is 1. The van der Waals surface area contributed by atoms with Crippen molar-refractivity contribution < 1.29 is 42.1 Å². The predicted molar refractivity (Wildman–Crippen MR) is 135 cm³/mol. The Morgan fingerprint density at radius 1 is 1.00 bits per heavy atom. The number of anilines is 1. The van der Waals surface area contributed by atoms with Gasteiger partial charge in [-0.1, -0.05) is 0 Å². The molecule has 12 heteroatoms. The lowest BCUT2D eigenvalue weighted by molar-refractivity contribution is -0.274. The molecule has 1 aliphatic heterocycles. The minimum atomic E-state index is -4.79. The van der Waals surface area contributed by atoms with Gasteiger partial charge in [-0.15, -0.1) is 13.2 Å². The van der Waals surface area contributed by atoms with Crippen molar-refractivity contribution in [2.45, 2.75) is 57.5 Å². The maximum absolute atomic E-state index is 12.6. The number of alkyl halides is 3. The Balaban J connectivity index is 1.19. The number of aryl methyl sites for hydroxylation is 1. The number of nitrogens with one attached hydrogen (secondary N) is 3. The van der Waals surface area contributed by atoms with Gasteiger partial charge in [-0.3, -0.25) is 14.4 Å². The van der Waals surface area contributed by atoms with Crippen LogP contribution in [0.2, 0.25) is 0 Å². The van der Waals surface area contributed by atoms with E-state index in [-0.39, 0.29) is 49.1 Å². The predicted octanol–water partition coefficient (Wildman–Crippen LogP) is 3.80. The van der Waals surface area contributed by atoms with E-state index in [9.17, 15) is 27.6 Å². The Morgan fingerprint density at radius 3 is 2.36 bits per heavy atom. The standard InChI is InChI=1S/C27H30F3N3O6/c1-15-12-19(38-18-4-2-16(3-5-18)26(36)37)6-8-21(15)24(34)31-10-11-32-25(35)23-14-17-13-20(39-27(28,29)30)7-9-22(17)33-23/h6-9,12-13,16,18,23,33H,2-5,10-11,14H2,1H3,(H,31,34)(H,32,35)(H,36,37)/t16-,18+,23?. The first-order valence-corrected chi connectivity index (χ1v) is 12.7. The van der Waals surface area contributed by atoms with Crippen molar-refractivity contribution in [1.82, 2.24) is 10.6 Å². The molecule has 2 amide bonds. The quantitative estimate of drug-likeness (QED) is 0.351. The van der Waals surface area contributed by atoms with Crippen molar-refractivity contribution in [3.63, 3.8) is 0 Å². The largest absolute Gasteiger partial charge is 0.573 e. The third-order valence-electron chi connectivity index (χ3n) is 6.86. The lowest BCUT2D eigenvalue weighted by atomic mass is 9.87. The summed E-state index contributed by atoms with van der Waals surface area (Å²) in [6.07, 6.45) is -2.15. The Bertz CT molecular complexity index is 1230. The molecular formula is C27H30F3N3O6. The second-order valence-electron chi connectivity index (χ2n) is 9.72. The summed E-state index contributed by atoms with van der Waals surface area (Å²) in [5.74, 6) is -1.45. The zero-order valence-electron chi connectivity index (χ0n) is 21.3. The van der Waals surface area contributed by atoms with Gasteiger partial charge in [0.25, 0.3) is 5.91 Å². The number of hydrogen-bond donors (Lipinski definition) is 4. The molecule has 9 nitrogen and oxygen atoms in total. The zero-order valence-corrected chi connectivity index (χ0v) is 21.3. The molecule has 4 rings (SSSR count). The third-order valence-corrected chi connectivity index (χ3v) is 6.86. The fourth-order valence-corrected chi connectivity index (χ4v) is 4.86. The van der Waals surface area contributed by atoms with E-state index in [1.807, 2.05) is 0 Å². The second-order valence-corrected chi connectivity index (χ2v) is 9.72. The number of carbonyl (C=O) groups is 3. The number of halogens is 3. The molecular weight excluding hydrogens is 519 g/mol. The highest BCUT2D eigenvalue weighted by Gasteiger charge is 2.33. The van der Waals surface area contributed by atoms with Crippen LogP contribution in [-0.4, -0.2) is 54.5 Å². The first-order chi connectivity index (χ1) is 18.5. The molecule has 2 aromatic rings. The topological polar surface area (TPSA) is 126 Å². The number of carboxylic acids is 1. The molecule has 0 aromatic heterocycles. The van der Waals surface area contributed by atoms with Crippen LogP contribution in [0, 0.1) is 12.8 Å². The van der Waals surface area contributed by atoms with Crippen molar-refractivity contribution in [1.29, 1.82) is 0 Å². The van der Waals surface area contributed by atoms with Gasteiger partial charge >= 0.3 is 12.3 Å². The van der Waals surface area contributed by atoms with Gasteiger partial charge in [0, 0.05) is 30.8 Å². The molecule has 39 heavy (non-hydrogen) atoms. The average Bonchev–Trinajstić information content (AvgIpc) is 3.29. The fraction of sp³-hybridized carbons (Fsp3) is 0.444. The number of benzene rings is 2. The number of rotatable bonds is 9. The van der Waals surface area contributed by atoms with Crippen molar-refractivity contribution >= 4 is 23.5 Å². The number of fused-ring (bicyclic) bond motifs is 1. The van der Waals surface area contributed by atoms with Gasteiger partial charge in [0.1, 0.15) is 17.5 Å². The van der Waals surface area contributed by atoms with E-state index in [1.54, 1.807) is 25.1 Å². The van der Waals surface area contributed by atoms with Crippen LogP contribution < -0.4 is 25.4 Å². The summed E-state index contributed by atoms with van der Waals surface area (Å²) in [6, 6.07) is 8.37. The first kappa shape index (κ1) is 28.1. The highest BCUT2D eigenvalue weighted by Crippen LogP contribution is 2.32. The van der Waals surface area contributed by atoms with Crippen molar-refractivity contribution in [3.8, 4) is 11.5 Å². The van der Waals surface area contributed by atoms with Crippen LogP contribution in [0.4, 0.5) is 18.9 Å². The SMILES string of the molecule is Cc1cc(O[C@H]2CC[C@@H](C(=O)O)CC2)ccc1C(=O)NCCNC(=O)C1Cc2cc(OC(F)(F)F)ccc2N1. The van der Waals surface area contributed by atoms with Crippen LogP contribution >= 0.6 is 0 Å². The number of carbonyl (C=O) groups excluding carboxylic acids is 2. The molecule has 1 aliphatic carbocycles. The van der Waals surface area contributed by atoms with Crippen LogP contribution in [0.1, 0.15) is 47.2 Å². The van der Waals surface area contributed by atoms with Gasteiger partial charge in [-0.25, -0.2) is 0 Å². The molecule has 0 spiro atoms. The van der Waals surface area contributed by atoms with Crippen molar-refractivity contribution in [2.24, 2.45) is 5.92 Å². The Kier molecular flexibility index (Phi) is 8.51. The maximum Gasteiger partial charge on any atom is 0.573 e. The highest BCUT2D eigenvalue weighted by atomic mass is 19.4. The lowest BCUT2D eigenvalue weighted by Gasteiger charge is -2.27. The Labute approximate surface area is 223 Å². The van der Waals surface area contributed by atoms with E-state index in [1.165, 1.54) is 18.2 Å². The molecule has 1 heterocycles. The summed E-state index contributed by atoms with van der Waals surface area (Å²) in [6.45, 7) is 2.14.